The highest BCUT2D eigenvalue weighted by Crippen LogP contribution is 2.47. The van der Waals surface area contributed by atoms with E-state index in [1.165, 1.54) is 0 Å². The van der Waals surface area contributed by atoms with Gasteiger partial charge < -0.3 is 14.2 Å². The first-order valence-electron chi connectivity index (χ1n) is 10.2. The summed E-state index contributed by atoms with van der Waals surface area (Å²) < 4.78 is 17.1. The van der Waals surface area contributed by atoms with Gasteiger partial charge in [-0.2, -0.15) is 0 Å². The van der Waals surface area contributed by atoms with Crippen LogP contribution in [0.25, 0.3) is 5.57 Å². The average Bonchev–Trinajstić information content (AvgIpc) is 2.99. The molecule has 0 aromatic heterocycles. The predicted octanol–water partition coefficient (Wildman–Crippen LogP) is 4.52. The van der Waals surface area contributed by atoms with E-state index in [2.05, 4.69) is 13.0 Å². The Labute approximate surface area is 175 Å². The van der Waals surface area contributed by atoms with Gasteiger partial charge in [0.15, 0.2) is 11.5 Å². The summed E-state index contributed by atoms with van der Waals surface area (Å²) in [6.45, 7) is 9.71. The van der Waals surface area contributed by atoms with Crippen molar-refractivity contribution in [1.82, 2.24) is 0 Å². The van der Waals surface area contributed by atoms with Crippen LogP contribution in [0.1, 0.15) is 38.8 Å². The summed E-state index contributed by atoms with van der Waals surface area (Å²) in [6.07, 6.45) is 2.12. The highest BCUT2D eigenvalue weighted by atomic mass is 16.6. The lowest BCUT2D eigenvalue weighted by atomic mass is 9.89. The third-order valence-electron chi connectivity index (χ3n) is 5.62. The first-order chi connectivity index (χ1) is 14.4. The van der Waals surface area contributed by atoms with E-state index in [9.17, 15) is 4.79 Å². The lowest BCUT2D eigenvalue weighted by Crippen LogP contribution is -2.47. The second-order valence-electron chi connectivity index (χ2n) is 8.21. The van der Waals surface area contributed by atoms with Gasteiger partial charge in [0.25, 0.3) is 5.91 Å². The summed E-state index contributed by atoms with van der Waals surface area (Å²) in [5.41, 5.74) is 4.47. The van der Waals surface area contributed by atoms with Gasteiger partial charge in [0, 0.05) is 17.2 Å². The van der Waals surface area contributed by atoms with Crippen LogP contribution in [0.2, 0.25) is 0 Å². The summed E-state index contributed by atoms with van der Waals surface area (Å²) >= 11 is 0. The van der Waals surface area contributed by atoms with E-state index in [0.29, 0.717) is 42.7 Å². The maximum atomic E-state index is 13.5. The maximum absolute atomic E-state index is 13.5. The molecule has 0 aliphatic carbocycles. The van der Waals surface area contributed by atoms with Gasteiger partial charge in [0.1, 0.15) is 24.7 Å². The molecule has 0 unspecified atom stereocenters. The number of allylic oxidation sites excluding steroid dienone is 1. The van der Waals surface area contributed by atoms with Gasteiger partial charge in [-0.05, 0) is 57.5 Å². The number of nitrogens with zero attached hydrogens (tertiary/aromatic N) is 2. The van der Waals surface area contributed by atoms with E-state index >= 15 is 0 Å². The van der Waals surface area contributed by atoms with Crippen LogP contribution in [0.5, 0.6) is 17.2 Å². The number of ether oxygens (including phenoxy) is 3. The molecule has 3 aliphatic rings. The van der Waals surface area contributed by atoms with E-state index in [-0.39, 0.29) is 5.91 Å². The molecule has 30 heavy (non-hydrogen) atoms. The molecule has 0 saturated carbocycles. The van der Waals surface area contributed by atoms with E-state index in [1.807, 2.05) is 56.0 Å². The number of anilines is 1. The molecular weight excluding hydrogens is 380 g/mol. The minimum atomic E-state index is -0.444. The van der Waals surface area contributed by atoms with Gasteiger partial charge >= 0.3 is 0 Å². The molecule has 154 valence electrons. The Morgan fingerprint density at radius 1 is 1.10 bits per heavy atom. The van der Waals surface area contributed by atoms with E-state index in [0.717, 1.165) is 28.1 Å². The van der Waals surface area contributed by atoms with Crippen molar-refractivity contribution >= 4 is 28.6 Å². The molecule has 3 aliphatic heterocycles. The van der Waals surface area contributed by atoms with Gasteiger partial charge in [0.2, 0.25) is 0 Å². The number of fused-ring (bicyclic) bond motifs is 1. The van der Waals surface area contributed by atoms with Crippen molar-refractivity contribution in [2.75, 3.05) is 24.7 Å². The number of rotatable bonds is 3. The molecule has 6 heteroatoms. The van der Waals surface area contributed by atoms with Crippen molar-refractivity contribution in [1.29, 1.82) is 0 Å². The maximum Gasteiger partial charge on any atom is 0.278 e. The quantitative estimate of drug-likeness (QED) is 0.755. The van der Waals surface area contributed by atoms with Crippen LogP contribution >= 0.6 is 0 Å². The number of carbonyl (C=O) groups excluding carboxylic acids is 1. The minimum Gasteiger partial charge on any atom is -0.494 e. The average molecular weight is 404 g/mol. The third-order valence-corrected chi connectivity index (χ3v) is 5.62. The van der Waals surface area contributed by atoms with Crippen LogP contribution in [-0.4, -0.2) is 37.0 Å². The molecule has 2 aromatic carbocycles. The zero-order valence-corrected chi connectivity index (χ0v) is 17.6. The number of benzene rings is 2. The second-order valence-corrected chi connectivity index (χ2v) is 8.21. The molecule has 1 amide bonds. The van der Waals surface area contributed by atoms with Crippen LogP contribution < -0.4 is 19.1 Å². The lowest BCUT2D eigenvalue weighted by Gasteiger charge is -2.38. The molecule has 0 spiro atoms. The summed E-state index contributed by atoms with van der Waals surface area (Å²) in [6, 6.07) is 9.43. The number of hydrogen-bond donors (Lipinski definition) is 0. The molecule has 2 aromatic rings. The summed E-state index contributed by atoms with van der Waals surface area (Å²) in [7, 11) is 0. The number of hydrogen-bond acceptors (Lipinski definition) is 5. The van der Waals surface area contributed by atoms with E-state index in [4.69, 9.17) is 19.2 Å². The van der Waals surface area contributed by atoms with Gasteiger partial charge in [-0.15, -0.1) is 0 Å². The van der Waals surface area contributed by atoms with Crippen molar-refractivity contribution in [3.05, 3.63) is 47.5 Å². The monoisotopic (exact) mass is 404 g/mol. The first kappa shape index (κ1) is 18.7. The van der Waals surface area contributed by atoms with E-state index in [1.54, 1.807) is 0 Å². The third kappa shape index (κ3) is 2.78. The second kappa shape index (κ2) is 6.62. The molecule has 0 bridgehead atoms. The summed E-state index contributed by atoms with van der Waals surface area (Å²) in [5.74, 6) is 1.98. The largest absolute Gasteiger partial charge is 0.494 e. The van der Waals surface area contributed by atoms with E-state index < -0.39 is 5.54 Å². The molecule has 5 rings (SSSR count). The standard InChI is InChI=1S/C24H24N2O4/c1-5-28-16-11-17-14(2)13-24(3,4)26-22(17)18(12-16)21(23(26)27)25-15-6-7-19-20(10-15)30-9-8-29-19/h6-7,10-13H,5,8-9H2,1-4H3. The van der Waals surface area contributed by atoms with Crippen molar-refractivity contribution in [2.45, 2.75) is 33.2 Å². The van der Waals surface area contributed by atoms with Crippen LogP contribution in [0.3, 0.4) is 0 Å². The Kier molecular flexibility index (Phi) is 4.13. The Hall–Kier alpha value is -3.28. The number of amides is 1. The van der Waals surface area contributed by atoms with Crippen LogP contribution in [0.15, 0.2) is 41.4 Å². The van der Waals surface area contributed by atoms with Crippen LogP contribution in [-0.2, 0) is 4.79 Å². The topological polar surface area (TPSA) is 60.4 Å². The van der Waals surface area contributed by atoms with Crippen molar-refractivity contribution in [3.8, 4) is 17.2 Å². The predicted molar refractivity (Wildman–Crippen MR) is 116 cm³/mol. The number of aliphatic imine (C=N–C) groups is 1. The Morgan fingerprint density at radius 3 is 2.60 bits per heavy atom. The normalized spacial score (nSPS) is 19.6. The van der Waals surface area contributed by atoms with Crippen LogP contribution in [0.4, 0.5) is 11.4 Å². The molecule has 0 saturated heterocycles. The van der Waals surface area contributed by atoms with Crippen molar-refractivity contribution in [2.24, 2.45) is 4.99 Å². The summed E-state index contributed by atoms with van der Waals surface area (Å²) in [5, 5.41) is 0. The Morgan fingerprint density at radius 2 is 1.83 bits per heavy atom. The van der Waals surface area contributed by atoms with Crippen LogP contribution in [0, 0.1) is 0 Å². The Balaban J connectivity index is 1.69. The molecule has 0 atom stereocenters. The highest BCUT2D eigenvalue weighted by molar-refractivity contribution is 6.55. The highest BCUT2D eigenvalue weighted by Gasteiger charge is 2.45. The van der Waals surface area contributed by atoms with Gasteiger partial charge in [0.05, 0.1) is 23.5 Å². The fourth-order valence-corrected chi connectivity index (χ4v) is 4.46. The van der Waals surface area contributed by atoms with Gasteiger partial charge in [-0.1, -0.05) is 6.08 Å². The number of carbonyl (C=O) groups is 1. The van der Waals surface area contributed by atoms with Gasteiger partial charge in [-0.3, -0.25) is 9.69 Å². The first-order valence-corrected chi connectivity index (χ1v) is 10.2. The zero-order chi connectivity index (χ0) is 21.0. The fraction of sp³-hybridized carbons (Fsp3) is 0.333. The van der Waals surface area contributed by atoms with Crippen molar-refractivity contribution < 1.29 is 19.0 Å². The smallest absolute Gasteiger partial charge is 0.278 e. The molecule has 6 nitrogen and oxygen atoms in total. The lowest BCUT2D eigenvalue weighted by molar-refractivity contribution is -0.112. The molecule has 0 fully saturated rings. The Bertz CT molecular complexity index is 1130. The van der Waals surface area contributed by atoms with Gasteiger partial charge in [-0.25, -0.2) is 4.99 Å². The molecular formula is C24H24N2O4. The molecule has 0 radical (unpaired) electrons. The summed E-state index contributed by atoms with van der Waals surface area (Å²) in [4.78, 5) is 20.1. The SMILES string of the molecule is CCOc1cc2c3c(c1)C(=Nc1ccc4c(c1)OCCO4)C(=O)N3C(C)(C)C=C2C. The molecule has 0 N–H and O–H groups in total. The van der Waals surface area contributed by atoms with Crippen molar-refractivity contribution in [3.63, 3.8) is 0 Å². The minimum absolute atomic E-state index is 0.108. The zero-order valence-electron chi connectivity index (χ0n) is 17.6. The fourth-order valence-electron chi connectivity index (χ4n) is 4.46. The molecule has 3 heterocycles.